The minimum Gasteiger partial charge on any atom is -0.325 e. The van der Waals surface area contributed by atoms with Crippen LogP contribution >= 0.6 is 11.6 Å². The molecule has 1 aliphatic heterocycles. The zero-order valence-electron chi connectivity index (χ0n) is 11.8. The number of benzene rings is 2. The van der Waals surface area contributed by atoms with Crippen LogP contribution in [-0.2, 0) is 17.8 Å². The molecule has 3 rings (SSSR count). The van der Waals surface area contributed by atoms with E-state index in [9.17, 15) is 4.79 Å². The van der Waals surface area contributed by atoms with Gasteiger partial charge in [0, 0.05) is 17.3 Å². The molecule has 0 bridgehead atoms. The SMILES string of the molecule is Cc1ccc(NC(=O)[C@@H]2Cc3ccccc3CN2)cc1Cl. The number of fused-ring (bicyclic) bond motifs is 1. The Hall–Kier alpha value is -1.84. The van der Waals surface area contributed by atoms with Gasteiger partial charge < -0.3 is 10.6 Å². The molecule has 2 N–H and O–H groups in total. The number of halogens is 1. The Balaban J connectivity index is 1.70. The molecule has 0 fully saturated rings. The van der Waals surface area contributed by atoms with E-state index in [4.69, 9.17) is 11.6 Å². The molecule has 0 saturated carbocycles. The minimum absolute atomic E-state index is 0.0237. The van der Waals surface area contributed by atoms with Gasteiger partial charge in [0.15, 0.2) is 0 Å². The van der Waals surface area contributed by atoms with Crippen LogP contribution in [0.5, 0.6) is 0 Å². The highest BCUT2D eigenvalue weighted by Gasteiger charge is 2.23. The average molecular weight is 301 g/mol. The summed E-state index contributed by atoms with van der Waals surface area (Å²) in [5.41, 5.74) is 4.23. The lowest BCUT2D eigenvalue weighted by molar-refractivity contribution is -0.118. The molecule has 2 aromatic carbocycles. The van der Waals surface area contributed by atoms with E-state index in [1.165, 1.54) is 11.1 Å². The third kappa shape index (κ3) is 3.09. The molecule has 0 spiro atoms. The Morgan fingerprint density at radius 3 is 2.76 bits per heavy atom. The second-order valence-corrected chi connectivity index (χ2v) is 5.77. The van der Waals surface area contributed by atoms with E-state index in [1.807, 2.05) is 31.2 Å². The van der Waals surface area contributed by atoms with E-state index >= 15 is 0 Å². The van der Waals surface area contributed by atoms with Crippen LogP contribution in [0.3, 0.4) is 0 Å². The molecule has 1 atom stereocenters. The Kier molecular flexibility index (Phi) is 3.95. The van der Waals surface area contributed by atoms with Crippen LogP contribution in [-0.4, -0.2) is 11.9 Å². The van der Waals surface area contributed by atoms with E-state index in [1.54, 1.807) is 6.07 Å². The zero-order chi connectivity index (χ0) is 14.8. The molecule has 2 aromatic rings. The van der Waals surface area contributed by atoms with Gasteiger partial charge in [-0.15, -0.1) is 0 Å². The summed E-state index contributed by atoms with van der Waals surface area (Å²) in [5.74, 6) is -0.0237. The van der Waals surface area contributed by atoms with Crippen molar-refractivity contribution in [2.45, 2.75) is 25.9 Å². The predicted octanol–water partition coefficient (Wildman–Crippen LogP) is 3.30. The quantitative estimate of drug-likeness (QED) is 0.893. The van der Waals surface area contributed by atoms with Gasteiger partial charge in [0.05, 0.1) is 6.04 Å². The molecule has 4 heteroatoms. The molecule has 0 aromatic heterocycles. The Bertz CT molecular complexity index is 684. The summed E-state index contributed by atoms with van der Waals surface area (Å²) in [6, 6.07) is 13.6. The van der Waals surface area contributed by atoms with Crippen LogP contribution in [0.2, 0.25) is 5.02 Å². The number of hydrogen-bond acceptors (Lipinski definition) is 2. The smallest absolute Gasteiger partial charge is 0.241 e. The third-order valence-electron chi connectivity index (χ3n) is 3.84. The lowest BCUT2D eigenvalue weighted by Crippen LogP contribution is -2.44. The largest absolute Gasteiger partial charge is 0.325 e. The van der Waals surface area contributed by atoms with Gasteiger partial charge in [-0.3, -0.25) is 4.79 Å². The number of hydrogen-bond donors (Lipinski definition) is 2. The van der Waals surface area contributed by atoms with E-state index in [-0.39, 0.29) is 11.9 Å². The molecule has 1 heterocycles. The van der Waals surface area contributed by atoms with Crippen LogP contribution in [0.25, 0.3) is 0 Å². The first-order valence-corrected chi connectivity index (χ1v) is 7.38. The maximum atomic E-state index is 12.4. The van der Waals surface area contributed by atoms with Crippen molar-refractivity contribution in [1.82, 2.24) is 5.32 Å². The summed E-state index contributed by atoms with van der Waals surface area (Å²) >= 11 is 6.08. The Labute approximate surface area is 129 Å². The lowest BCUT2D eigenvalue weighted by Gasteiger charge is -2.25. The molecule has 0 radical (unpaired) electrons. The summed E-state index contributed by atoms with van der Waals surface area (Å²) in [6.07, 6.45) is 0.710. The van der Waals surface area contributed by atoms with Gasteiger partial charge in [-0.25, -0.2) is 0 Å². The molecule has 21 heavy (non-hydrogen) atoms. The number of rotatable bonds is 2. The van der Waals surface area contributed by atoms with Gasteiger partial charge in [0.1, 0.15) is 0 Å². The number of carbonyl (C=O) groups is 1. The summed E-state index contributed by atoms with van der Waals surface area (Å²) in [6.45, 7) is 2.66. The number of carbonyl (C=O) groups excluding carboxylic acids is 1. The number of amides is 1. The second kappa shape index (κ2) is 5.88. The van der Waals surface area contributed by atoms with Crippen molar-refractivity contribution in [2.24, 2.45) is 0 Å². The van der Waals surface area contributed by atoms with Crippen molar-refractivity contribution in [1.29, 1.82) is 0 Å². The number of anilines is 1. The van der Waals surface area contributed by atoms with Gasteiger partial charge >= 0.3 is 0 Å². The monoisotopic (exact) mass is 300 g/mol. The first-order valence-electron chi connectivity index (χ1n) is 7.00. The summed E-state index contributed by atoms with van der Waals surface area (Å²) in [7, 11) is 0. The number of nitrogens with one attached hydrogen (secondary N) is 2. The first kappa shape index (κ1) is 14.1. The topological polar surface area (TPSA) is 41.1 Å². The van der Waals surface area contributed by atoms with Crippen molar-refractivity contribution in [2.75, 3.05) is 5.32 Å². The van der Waals surface area contributed by atoms with E-state index in [0.29, 0.717) is 11.4 Å². The van der Waals surface area contributed by atoms with Crippen molar-refractivity contribution in [3.05, 3.63) is 64.2 Å². The maximum Gasteiger partial charge on any atom is 0.241 e. The highest BCUT2D eigenvalue weighted by atomic mass is 35.5. The minimum atomic E-state index is -0.208. The molecule has 1 aliphatic rings. The molecule has 108 valence electrons. The zero-order valence-corrected chi connectivity index (χ0v) is 12.6. The molecule has 3 nitrogen and oxygen atoms in total. The van der Waals surface area contributed by atoms with Gasteiger partial charge in [-0.2, -0.15) is 0 Å². The van der Waals surface area contributed by atoms with Crippen LogP contribution in [0, 0.1) is 6.92 Å². The van der Waals surface area contributed by atoms with Crippen LogP contribution in [0.15, 0.2) is 42.5 Å². The number of aryl methyl sites for hydroxylation is 1. The predicted molar refractivity (Wildman–Crippen MR) is 85.6 cm³/mol. The van der Waals surface area contributed by atoms with Crippen molar-refractivity contribution in [3.63, 3.8) is 0 Å². The second-order valence-electron chi connectivity index (χ2n) is 5.36. The van der Waals surface area contributed by atoms with E-state index < -0.39 is 0 Å². The molecular formula is C17H17ClN2O. The highest BCUT2D eigenvalue weighted by Crippen LogP contribution is 2.21. The first-order chi connectivity index (χ1) is 10.1. The molecule has 0 aliphatic carbocycles. The summed E-state index contributed by atoms with van der Waals surface area (Å²) < 4.78 is 0. The summed E-state index contributed by atoms with van der Waals surface area (Å²) in [4.78, 5) is 12.4. The molecule has 0 unspecified atom stereocenters. The normalized spacial score (nSPS) is 17.1. The fourth-order valence-corrected chi connectivity index (χ4v) is 2.72. The van der Waals surface area contributed by atoms with Crippen LogP contribution < -0.4 is 10.6 Å². The highest BCUT2D eigenvalue weighted by molar-refractivity contribution is 6.31. The van der Waals surface area contributed by atoms with Crippen molar-refractivity contribution >= 4 is 23.2 Å². The maximum absolute atomic E-state index is 12.4. The lowest BCUT2D eigenvalue weighted by atomic mass is 9.95. The molecule has 1 amide bonds. The van der Waals surface area contributed by atoms with Gasteiger partial charge in [-0.05, 0) is 42.2 Å². The van der Waals surface area contributed by atoms with Crippen LogP contribution in [0.4, 0.5) is 5.69 Å². The van der Waals surface area contributed by atoms with Gasteiger partial charge in [0.25, 0.3) is 0 Å². The fraction of sp³-hybridized carbons (Fsp3) is 0.235. The van der Waals surface area contributed by atoms with Crippen molar-refractivity contribution in [3.8, 4) is 0 Å². The fourth-order valence-electron chi connectivity index (χ4n) is 2.54. The van der Waals surface area contributed by atoms with Crippen LogP contribution in [0.1, 0.15) is 16.7 Å². The van der Waals surface area contributed by atoms with Gasteiger partial charge in [0.2, 0.25) is 5.91 Å². The van der Waals surface area contributed by atoms with Gasteiger partial charge in [-0.1, -0.05) is 41.9 Å². The molecular weight excluding hydrogens is 284 g/mol. The Morgan fingerprint density at radius 2 is 2.00 bits per heavy atom. The van der Waals surface area contributed by atoms with Crippen molar-refractivity contribution < 1.29 is 4.79 Å². The summed E-state index contributed by atoms with van der Waals surface area (Å²) in [5, 5.41) is 6.86. The third-order valence-corrected chi connectivity index (χ3v) is 4.24. The van der Waals surface area contributed by atoms with E-state index in [2.05, 4.69) is 22.8 Å². The van der Waals surface area contributed by atoms with E-state index in [0.717, 1.165) is 17.8 Å². The average Bonchev–Trinajstić information content (AvgIpc) is 2.50. The standard InChI is InChI=1S/C17H17ClN2O/c1-11-6-7-14(9-15(11)18)20-17(21)16-8-12-4-2-3-5-13(12)10-19-16/h2-7,9,16,19H,8,10H2,1H3,(H,20,21)/t16-/m0/s1. The Morgan fingerprint density at radius 1 is 1.24 bits per heavy atom. The molecule has 0 saturated heterocycles.